The SMILES string of the molecule is CNCCc1ccc(S(=O)(=O)NC(C)CC(C)C)s1. The molecule has 1 rings (SSSR count). The average Bonchev–Trinajstić information content (AvgIpc) is 2.73. The van der Waals surface area contributed by atoms with Crippen LogP contribution in [-0.2, 0) is 16.4 Å². The molecule has 0 spiro atoms. The van der Waals surface area contributed by atoms with Crippen LogP contribution in [0.1, 0.15) is 32.1 Å². The van der Waals surface area contributed by atoms with Crippen LogP contribution in [-0.4, -0.2) is 28.1 Å². The number of thiophene rings is 1. The molecule has 0 radical (unpaired) electrons. The summed E-state index contributed by atoms with van der Waals surface area (Å²) < 4.78 is 27.5. The molecule has 110 valence electrons. The van der Waals surface area contributed by atoms with E-state index in [1.165, 1.54) is 11.3 Å². The van der Waals surface area contributed by atoms with Crippen LogP contribution in [0.5, 0.6) is 0 Å². The Hall–Kier alpha value is -0.430. The van der Waals surface area contributed by atoms with Gasteiger partial charge in [0.25, 0.3) is 0 Å². The molecule has 1 unspecified atom stereocenters. The summed E-state index contributed by atoms with van der Waals surface area (Å²) in [6.45, 7) is 6.95. The summed E-state index contributed by atoms with van der Waals surface area (Å²) in [7, 11) is -1.47. The van der Waals surface area contributed by atoms with Crippen molar-refractivity contribution in [2.45, 2.75) is 43.9 Å². The zero-order valence-electron chi connectivity index (χ0n) is 12.1. The summed E-state index contributed by atoms with van der Waals surface area (Å²) in [6, 6.07) is 3.55. The van der Waals surface area contributed by atoms with Crippen molar-refractivity contribution in [3.8, 4) is 0 Å². The predicted octanol–water partition coefficient (Wildman–Crippen LogP) is 2.22. The topological polar surface area (TPSA) is 58.2 Å². The molecule has 0 aliphatic rings. The van der Waals surface area contributed by atoms with Crippen LogP contribution in [0, 0.1) is 5.92 Å². The van der Waals surface area contributed by atoms with Crippen molar-refractivity contribution in [2.75, 3.05) is 13.6 Å². The van der Waals surface area contributed by atoms with Crippen molar-refractivity contribution >= 4 is 21.4 Å². The van der Waals surface area contributed by atoms with Crippen LogP contribution in [0.2, 0.25) is 0 Å². The van der Waals surface area contributed by atoms with E-state index >= 15 is 0 Å². The van der Waals surface area contributed by atoms with Crippen LogP contribution < -0.4 is 10.0 Å². The molecule has 19 heavy (non-hydrogen) atoms. The molecule has 1 heterocycles. The van der Waals surface area contributed by atoms with E-state index in [1.54, 1.807) is 6.07 Å². The van der Waals surface area contributed by atoms with Gasteiger partial charge in [-0.1, -0.05) is 13.8 Å². The summed E-state index contributed by atoms with van der Waals surface area (Å²) in [4.78, 5) is 1.09. The largest absolute Gasteiger partial charge is 0.319 e. The highest BCUT2D eigenvalue weighted by molar-refractivity contribution is 7.91. The number of hydrogen-bond donors (Lipinski definition) is 2. The van der Waals surface area contributed by atoms with Crippen molar-refractivity contribution in [3.05, 3.63) is 17.0 Å². The van der Waals surface area contributed by atoms with Gasteiger partial charge in [-0.05, 0) is 51.4 Å². The standard InChI is InChI=1S/C13H24N2O2S2/c1-10(2)9-11(3)15-19(16,17)13-6-5-12(18-13)7-8-14-4/h5-6,10-11,14-15H,7-9H2,1-4H3. The fraction of sp³-hybridized carbons (Fsp3) is 0.692. The molecule has 1 atom stereocenters. The maximum atomic E-state index is 12.2. The molecule has 0 amide bonds. The zero-order chi connectivity index (χ0) is 14.5. The fourth-order valence-corrected chi connectivity index (χ4v) is 4.59. The first-order valence-electron chi connectivity index (χ1n) is 6.60. The van der Waals surface area contributed by atoms with E-state index in [0.29, 0.717) is 10.1 Å². The Labute approximate surface area is 120 Å². The van der Waals surface area contributed by atoms with Gasteiger partial charge in [0.2, 0.25) is 10.0 Å². The second-order valence-corrected chi connectivity index (χ2v) is 8.34. The Balaban J connectivity index is 2.69. The lowest BCUT2D eigenvalue weighted by molar-refractivity contribution is 0.483. The van der Waals surface area contributed by atoms with Gasteiger partial charge in [0.05, 0.1) is 0 Å². The molecular formula is C13H24N2O2S2. The molecule has 0 fully saturated rings. The second-order valence-electron chi connectivity index (χ2n) is 5.23. The van der Waals surface area contributed by atoms with Gasteiger partial charge in [-0.2, -0.15) is 0 Å². The summed E-state index contributed by atoms with van der Waals surface area (Å²) in [5.74, 6) is 0.479. The van der Waals surface area contributed by atoms with Crippen molar-refractivity contribution in [3.63, 3.8) is 0 Å². The minimum atomic E-state index is -3.36. The third kappa shape index (κ3) is 5.60. The van der Waals surface area contributed by atoms with Crippen molar-refractivity contribution in [2.24, 2.45) is 5.92 Å². The van der Waals surface area contributed by atoms with E-state index in [-0.39, 0.29) is 6.04 Å². The lowest BCUT2D eigenvalue weighted by Crippen LogP contribution is -2.33. The maximum absolute atomic E-state index is 12.2. The minimum Gasteiger partial charge on any atom is -0.319 e. The maximum Gasteiger partial charge on any atom is 0.250 e. The van der Waals surface area contributed by atoms with Crippen LogP contribution in [0.4, 0.5) is 0 Å². The molecule has 6 heteroatoms. The first-order valence-corrected chi connectivity index (χ1v) is 8.90. The molecule has 0 aliphatic carbocycles. The average molecular weight is 304 g/mol. The van der Waals surface area contributed by atoms with Gasteiger partial charge in [-0.3, -0.25) is 0 Å². The molecule has 1 aromatic heterocycles. The van der Waals surface area contributed by atoms with Gasteiger partial charge in [-0.15, -0.1) is 11.3 Å². The number of hydrogen-bond acceptors (Lipinski definition) is 4. The first-order chi connectivity index (χ1) is 8.85. The highest BCUT2D eigenvalue weighted by atomic mass is 32.2. The lowest BCUT2D eigenvalue weighted by Gasteiger charge is -2.15. The number of likely N-dealkylation sites (N-methyl/N-ethyl adjacent to an activating group) is 1. The molecule has 0 aromatic carbocycles. The van der Waals surface area contributed by atoms with Gasteiger partial charge >= 0.3 is 0 Å². The number of sulfonamides is 1. The van der Waals surface area contributed by atoms with E-state index in [9.17, 15) is 8.42 Å². The van der Waals surface area contributed by atoms with E-state index in [2.05, 4.69) is 23.9 Å². The molecule has 0 saturated heterocycles. The van der Waals surface area contributed by atoms with Gasteiger partial charge in [0.15, 0.2) is 0 Å². The summed E-state index contributed by atoms with van der Waals surface area (Å²) >= 11 is 1.35. The Morgan fingerprint density at radius 3 is 2.53 bits per heavy atom. The Kier molecular flexibility index (Phi) is 6.46. The van der Waals surface area contributed by atoms with E-state index in [4.69, 9.17) is 0 Å². The molecule has 0 saturated carbocycles. The molecule has 0 aliphatic heterocycles. The van der Waals surface area contributed by atoms with Crippen LogP contribution in [0.3, 0.4) is 0 Å². The number of rotatable bonds is 8. The molecule has 1 aromatic rings. The van der Waals surface area contributed by atoms with Crippen molar-refractivity contribution < 1.29 is 8.42 Å². The predicted molar refractivity (Wildman–Crippen MR) is 81.2 cm³/mol. The molecule has 4 nitrogen and oxygen atoms in total. The Morgan fingerprint density at radius 1 is 1.26 bits per heavy atom. The van der Waals surface area contributed by atoms with Gasteiger partial charge < -0.3 is 5.32 Å². The van der Waals surface area contributed by atoms with Crippen LogP contribution in [0.25, 0.3) is 0 Å². The smallest absolute Gasteiger partial charge is 0.250 e. The van der Waals surface area contributed by atoms with Crippen LogP contribution >= 0.6 is 11.3 Å². The quantitative estimate of drug-likeness (QED) is 0.774. The number of nitrogens with one attached hydrogen (secondary N) is 2. The van der Waals surface area contributed by atoms with Gasteiger partial charge in [0.1, 0.15) is 4.21 Å². The monoisotopic (exact) mass is 304 g/mol. The third-order valence-corrected chi connectivity index (χ3v) is 5.93. The highest BCUT2D eigenvalue weighted by Crippen LogP contribution is 2.22. The Bertz CT molecular complexity index is 481. The normalized spacial score (nSPS) is 13.9. The fourth-order valence-electron chi connectivity index (χ4n) is 1.96. The first kappa shape index (κ1) is 16.6. The molecule has 0 bridgehead atoms. The van der Waals surface area contributed by atoms with E-state index < -0.39 is 10.0 Å². The summed E-state index contributed by atoms with van der Waals surface area (Å²) in [6.07, 6.45) is 1.70. The van der Waals surface area contributed by atoms with Crippen molar-refractivity contribution in [1.29, 1.82) is 0 Å². The molecular weight excluding hydrogens is 280 g/mol. The summed E-state index contributed by atoms with van der Waals surface area (Å²) in [5.41, 5.74) is 0. The highest BCUT2D eigenvalue weighted by Gasteiger charge is 2.19. The van der Waals surface area contributed by atoms with E-state index in [1.807, 2.05) is 20.0 Å². The van der Waals surface area contributed by atoms with Gasteiger partial charge in [0, 0.05) is 10.9 Å². The summed E-state index contributed by atoms with van der Waals surface area (Å²) in [5, 5.41) is 3.06. The third-order valence-electron chi connectivity index (χ3n) is 2.70. The Morgan fingerprint density at radius 2 is 1.95 bits per heavy atom. The molecule has 2 N–H and O–H groups in total. The minimum absolute atomic E-state index is 0.0344. The second kappa shape index (κ2) is 7.38. The van der Waals surface area contributed by atoms with Crippen molar-refractivity contribution in [1.82, 2.24) is 10.0 Å². The van der Waals surface area contributed by atoms with Crippen LogP contribution in [0.15, 0.2) is 16.3 Å². The lowest BCUT2D eigenvalue weighted by atomic mass is 10.1. The van der Waals surface area contributed by atoms with Gasteiger partial charge in [-0.25, -0.2) is 13.1 Å². The van der Waals surface area contributed by atoms with E-state index in [0.717, 1.165) is 24.3 Å². The zero-order valence-corrected chi connectivity index (χ0v) is 13.7.